The number of aromatic nitrogens is 2. The number of fused-ring (bicyclic) bond motifs is 3. The normalized spacial score (nSPS) is 23.7. The van der Waals surface area contributed by atoms with Crippen LogP contribution in [0.5, 0.6) is 5.75 Å². The standard InChI is InChI=1S/C25H27N3O3S/c1-15-10-19(7-9-23(15)31-20-11-17-5-6-18(12-20)27(17)3)28-14-26-22-13-21(8-4-16(2)29)32-24(22)25(28)30/h7,9-10,13-14,16-18,20,29H,5-6,11-12H2,1-3H3/t16?,17-,18+,20+. The van der Waals surface area contributed by atoms with Crippen LogP contribution in [0.2, 0.25) is 0 Å². The molecule has 2 saturated heterocycles. The predicted octanol–water partition coefficient (Wildman–Crippen LogP) is 3.49. The summed E-state index contributed by atoms with van der Waals surface area (Å²) in [5, 5.41) is 9.37. The number of aryl methyl sites for hydroxylation is 1. The van der Waals surface area contributed by atoms with Gasteiger partial charge in [0.05, 0.1) is 16.1 Å². The van der Waals surface area contributed by atoms with Crippen molar-refractivity contribution in [2.75, 3.05) is 7.05 Å². The Bertz CT molecular complexity index is 1270. The van der Waals surface area contributed by atoms with Crippen LogP contribution in [0.1, 0.15) is 43.0 Å². The molecule has 2 fully saturated rings. The number of benzene rings is 1. The third kappa shape index (κ3) is 3.95. The quantitative estimate of drug-likeness (QED) is 0.620. The van der Waals surface area contributed by atoms with Crippen LogP contribution in [0.15, 0.2) is 35.4 Å². The van der Waals surface area contributed by atoms with Crippen molar-refractivity contribution >= 4 is 21.6 Å². The maximum atomic E-state index is 13.1. The molecule has 0 amide bonds. The fourth-order valence-corrected chi connectivity index (χ4v) is 5.79. The SMILES string of the molecule is Cc1cc(-n2cnc3cc(C#CC(C)O)sc3c2=O)ccc1O[C@H]1C[C@H]2CC[C@@H](C1)N2C. The minimum atomic E-state index is -0.710. The molecule has 0 saturated carbocycles. The molecule has 1 unspecified atom stereocenters. The molecule has 32 heavy (non-hydrogen) atoms. The zero-order valence-electron chi connectivity index (χ0n) is 18.5. The Balaban J connectivity index is 1.39. The van der Waals surface area contributed by atoms with E-state index in [4.69, 9.17) is 4.74 Å². The number of nitrogens with zero attached hydrogens (tertiary/aromatic N) is 3. The second kappa shape index (κ2) is 8.36. The lowest BCUT2D eigenvalue weighted by atomic mass is 10.0. The van der Waals surface area contributed by atoms with Gasteiger partial charge < -0.3 is 14.7 Å². The lowest BCUT2D eigenvalue weighted by Crippen LogP contribution is -2.43. The van der Waals surface area contributed by atoms with Gasteiger partial charge in [-0.25, -0.2) is 4.98 Å². The van der Waals surface area contributed by atoms with Crippen molar-refractivity contribution in [3.63, 3.8) is 0 Å². The topological polar surface area (TPSA) is 67.6 Å². The largest absolute Gasteiger partial charge is 0.490 e. The van der Waals surface area contributed by atoms with E-state index in [0.29, 0.717) is 22.3 Å². The smallest absolute Gasteiger partial charge is 0.275 e. The van der Waals surface area contributed by atoms with E-state index in [1.54, 1.807) is 23.9 Å². The molecule has 3 aromatic rings. The molecular formula is C25H27N3O3S. The highest BCUT2D eigenvalue weighted by Crippen LogP contribution is 2.36. The summed E-state index contributed by atoms with van der Waals surface area (Å²) in [7, 11) is 2.23. The third-order valence-corrected chi connectivity index (χ3v) is 7.66. The number of hydrogen-bond acceptors (Lipinski definition) is 6. The monoisotopic (exact) mass is 449 g/mol. The summed E-state index contributed by atoms with van der Waals surface area (Å²) in [6.07, 6.45) is 5.80. The third-order valence-electron chi connectivity index (χ3n) is 6.63. The Morgan fingerprint density at radius 3 is 2.69 bits per heavy atom. The van der Waals surface area contributed by atoms with Gasteiger partial charge in [0.2, 0.25) is 0 Å². The molecule has 4 atom stereocenters. The molecule has 2 aliphatic heterocycles. The van der Waals surface area contributed by atoms with Crippen LogP contribution >= 0.6 is 11.3 Å². The van der Waals surface area contributed by atoms with Crippen molar-refractivity contribution < 1.29 is 9.84 Å². The Kier molecular flexibility index (Phi) is 5.54. The molecule has 1 N–H and O–H groups in total. The first-order valence-corrected chi connectivity index (χ1v) is 11.9. The number of aliphatic hydroxyl groups is 1. The summed E-state index contributed by atoms with van der Waals surface area (Å²) in [5.74, 6) is 6.50. The molecule has 2 bridgehead atoms. The van der Waals surface area contributed by atoms with Gasteiger partial charge in [-0.15, -0.1) is 11.3 Å². The van der Waals surface area contributed by atoms with Crippen LogP contribution in [-0.2, 0) is 0 Å². The van der Waals surface area contributed by atoms with E-state index in [-0.39, 0.29) is 11.7 Å². The van der Waals surface area contributed by atoms with Gasteiger partial charge in [0.25, 0.3) is 5.56 Å². The summed E-state index contributed by atoms with van der Waals surface area (Å²) in [4.78, 5) is 20.8. The Labute approximate surface area is 191 Å². The molecule has 1 aromatic carbocycles. The first-order chi connectivity index (χ1) is 15.4. The van der Waals surface area contributed by atoms with Crippen LogP contribution in [0.4, 0.5) is 0 Å². The van der Waals surface area contributed by atoms with Crippen LogP contribution < -0.4 is 10.3 Å². The first-order valence-electron chi connectivity index (χ1n) is 11.1. The number of hydrogen-bond donors (Lipinski definition) is 1. The predicted molar refractivity (Wildman–Crippen MR) is 127 cm³/mol. The average molecular weight is 450 g/mol. The van der Waals surface area contributed by atoms with Gasteiger partial charge in [0.1, 0.15) is 29.0 Å². The number of rotatable bonds is 3. The van der Waals surface area contributed by atoms with Crippen molar-refractivity contribution in [1.82, 2.24) is 14.5 Å². The van der Waals surface area contributed by atoms with Crippen LogP contribution in [0.3, 0.4) is 0 Å². The molecule has 2 aromatic heterocycles. The fraction of sp³-hybridized carbons (Fsp3) is 0.440. The van der Waals surface area contributed by atoms with Crippen LogP contribution in [0.25, 0.3) is 15.9 Å². The number of piperidine rings is 1. The molecule has 4 heterocycles. The van der Waals surface area contributed by atoms with Crippen molar-refractivity contribution in [3.8, 4) is 23.3 Å². The second-order valence-electron chi connectivity index (χ2n) is 8.90. The van der Waals surface area contributed by atoms with E-state index in [2.05, 4.69) is 28.8 Å². The first kappa shape index (κ1) is 21.2. The maximum Gasteiger partial charge on any atom is 0.275 e. The van der Waals surface area contributed by atoms with Gasteiger partial charge in [-0.05, 0) is 76.4 Å². The molecule has 0 aliphatic carbocycles. The highest BCUT2D eigenvalue weighted by Gasteiger charge is 2.39. The summed E-state index contributed by atoms with van der Waals surface area (Å²) in [6.45, 7) is 3.63. The Hall–Kier alpha value is -2.66. The van der Waals surface area contributed by atoms with Crippen molar-refractivity contribution in [1.29, 1.82) is 0 Å². The van der Waals surface area contributed by atoms with Gasteiger partial charge in [-0.3, -0.25) is 9.36 Å². The van der Waals surface area contributed by atoms with Crippen LogP contribution in [0, 0.1) is 18.8 Å². The fourth-order valence-electron chi connectivity index (χ4n) is 4.89. The molecule has 0 spiro atoms. The van der Waals surface area contributed by atoms with Crippen LogP contribution in [-0.4, -0.2) is 50.9 Å². The van der Waals surface area contributed by atoms with Crippen molar-refractivity contribution in [2.45, 2.75) is 63.8 Å². The van der Waals surface area contributed by atoms with Crippen molar-refractivity contribution in [2.24, 2.45) is 0 Å². The lowest BCUT2D eigenvalue weighted by Gasteiger charge is -2.36. The molecule has 0 radical (unpaired) electrons. The highest BCUT2D eigenvalue weighted by atomic mass is 32.1. The highest BCUT2D eigenvalue weighted by molar-refractivity contribution is 7.19. The van der Waals surface area contributed by atoms with Gasteiger partial charge >= 0.3 is 0 Å². The zero-order chi connectivity index (χ0) is 22.4. The molecule has 166 valence electrons. The van der Waals surface area contributed by atoms with E-state index >= 15 is 0 Å². The van der Waals surface area contributed by atoms with E-state index in [1.807, 2.05) is 25.1 Å². The minimum Gasteiger partial charge on any atom is -0.490 e. The zero-order valence-corrected chi connectivity index (χ0v) is 19.4. The minimum absolute atomic E-state index is 0.120. The van der Waals surface area contributed by atoms with Gasteiger partial charge in [0.15, 0.2) is 0 Å². The number of aliphatic hydroxyl groups excluding tert-OH is 1. The summed E-state index contributed by atoms with van der Waals surface area (Å²) >= 11 is 1.30. The van der Waals surface area contributed by atoms with E-state index in [9.17, 15) is 9.90 Å². The average Bonchev–Trinajstić information content (AvgIpc) is 3.25. The summed E-state index contributed by atoms with van der Waals surface area (Å²) in [6, 6.07) is 8.93. The van der Waals surface area contributed by atoms with Gasteiger partial charge in [0, 0.05) is 12.1 Å². The van der Waals surface area contributed by atoms with E-state index in [1.165, 1.54) is 24.2 Å². The van der Waals surface area contributed by atoms with E-state index < -0.39 is 6.10 Å². The molecule has 2 aliphatic rings. The number of ether oxygens (including phenoxy) is 1. The Morgan fingerprint density at radius 1 is 1.25 bits per heavy atom. The molecule has 6 nitrogen and oxygen atoms in total. The molecule has 7 heteroatoms. The van der Waals surface area contributed by atoms with Gasteiger partial charge in [-0.2, -0.15) is 0 Å². The number of thiophene rings is 1. The Morgan fingerprint density at radius 2 is 2.00 bits per heavy atom. The molecule has 5 rings (SSSR count). The maximum absolute atomic E-state index is 13.1. The lowest BCUT2D eigenvalue weighted by molar-refractivity contribution is 0.0657. The molecular weight excluding hydrogens is 422 g/mol. The summed E-state index contributed by atoms with van der Waals surface area (Å²) in [5.41, 5.74) is 2.28. The summed E-state index contributed by atoms with van der Waals surface area (Å²) < 4.78 is 8.52. The van der Waals surface area contributed by atoms with Crippen molar-refractivity contribution in [3.05, 3.63) is 51.4 Å². The van der Waals surface area contributed by atoms with E-state index in [0.717, 1.165) is 34.7 Å². The second-order valence-corrected chi connectivity index (χ2v) is 9.95. The van der Waals surface area contributed by atoms with Gasteiger partial charge in [-0.1, -0.05) is 11.8 Å².